The molecule has 0 amide bonds. The zero-order chi connectivity index (χ0) is 11.6. The van der Waals surface area contributed by atoms with Crippen molar-refractivity contribution in [2.24, 2.45) is 0 Å². The molecule has 1 unspecified atom stereocenters. The third-order valence-electron chi connectivity index (χ3n) is 2.47. The first-order valence-corrected chi connectivity index (χ1v) is 5.74. The van der Waals surface area contributed by atoms with Gasteiger partial charge in [0.15, 0.2) is 0 Å². The highest BCUT2D eigenvalue weighted by Gasteiger charge is 2.12. The summed E-state index contributed by atoms with van der Waals surface area (Å²) in [6, 6.07) is 9.95. The molecule has 1 saturated heterocycles. The third kappa shape index (κ3) is 5.26. The molecule has 90 valence electrons. The average Bonchev–Trinajstić information content (AvgIpc) is 2.84. The summed E-state index contributed by atoms with van der Waals surface area (Å²) in [5.74, 6) is 0. The standard InChI is InChI=1S/C8H10O.C5H10O2/c9-7-6-8-4-2-1-3-5-8;6-4-5-2-1-3-7-5/h1-5,9H,6-7H2;5-6H,1-4H2. The Morgan fingerprint density at radius 1 is 1.19 bits per heavy atom. The lowest BCUT2D eigenvalue weighted by Crippen LogP contribution is -2.09. The Morgan fingerprint density at radius 3 is 2.38 bits per heavy atom. The van der Waals surface area contributed by atoms with E-state index in [1.807, 2.05) is 30.3 Å². The molecule has 1 aliphatic rings. The fourth-order valence-electron chi connectivity index (χ4n) is 1.56. The van der Waals surface area contributed by atoms with Crippen molar-refractivity contribution in [3.63, 3.8) is 0 Å². The maximum atomic E-state index is 8.52. The van der Waals surface area contributed by atoms with E-state index >= 15 is 0 Å². The van der Waals surface area contributed by atoms with E-state index in [1.54, 1.807) is 0 Å². The first-order chi connectivity index (χ1) is 7.86. The van der Waals surface area contributed by atoms with Gasteiger partial charge in [0.05, 0.1) is 12.7 Å². The van der Waals surface area contributed by atoms with Gasteiger partial charge in [0.1, 0.15) is 0 Å². The van der Waals surface area contributed by atoms with E-state index in [1.165, 1.54) is 5.56 Å². The molecular formula is C13H20O3. The number of hydrogen-bond donors (Lipinski definition) is 2. The van der Waals surface area contributed by atoms with Crippen molar-refractivity contribution in [2.45, 2.75) is 25.4 Å². The first-order valence-electron chi connectivity index (χ1n) is 5.74. The predicted molar refractivity (Wildman–Crippen MR) is 63.3 cm³/mol. The Labute approximate surface area is 96.7 Å². The fourth-order valence-corrected chi connectivity index (χ4v) is 1.56. The van der Waals surface area contributed by atoms with Gasteiger partial charge in [-0.3, -0.25) is 0 Å². The van der Waals surface area contributed by atoms with Gasteiger partial charge in [-0.1, -0.05) is 30.3 Å². The molecule has 1 heterocycles. The van der Waals surface area contributed by atoms with Crippen LogP contribution in [0, 0.1) is 0 Å². The van der Waals surface area contributed by atoms with Gasteiger partial charge in [0.2, 0.25) is 0 Å². The van der Waals surface area contributed by atoms with Crippen LogP contribution in [0.5, 0.6) is 0 Å². The highest BCUT2D eigenvalue weighted by molar-refractivity contribution is 5.14. The average molecular weight is 224 g/mol. The summed E-state index contributed by atoms with van der Waals surface area (Å²) >= 11 is 0. The molecule has 0 bridgehead atoms. The SMILES string of the molecule is OCC1CCCO1.OCCc1ccccc1. The summed E-state index contributed by atoms with van der Waals surface area (Å²) in [5.41, 5.74) is 1.19. The van der Waals surface area contributed by atoms with E-state index in [0.717, 1.165) is 25.9 Å². The van der Waals surface area contributed by atoms with Gasteiger partial charge < -0.3 is 14.9 Å². The van der Waals surface area contributed by atoms with E-state index in [4.69, 9.17) is 14.9 Å². The van der Waals surface area contributed by atoms with Crippen LogP contribution in [0.1, 0.15) is 18.4 Å². The molecule has 0 radical (unpaired) electrons. The van der Waals surface area contributed by atoms with E-state index in [2.05, 4.69) is 0 Å². The number of benzene rings is 1. The molecule has 1 aromatic rings. The van der Waals surface area contributed by atoms with Crippen molar-refractivity contribution >= 4 is 0 Å². The third-order valence-corrected chi connectivity index (χ3v) is 2.47. The number of hydrogen-bond acceptors (Lipinski definition) is 3. The summed E-state index contributed by atoms with van der Waals surface area (Å²) in [5, 5.41) is 17.0. The molecule has 16 heavy (non-hydrogen) atoms. The van der Waals surface area contributed by atoms with Crippen LogP contribution in [0.4, 0.5) is 0 Å². The zero-order valence-electron chi connectivity index (χ0n) is 9.51. The highest BCUT2D eigenvalue weighted by Crippen LogP contribution is 2.09. The predicted octanol–water partition coefficient (Wildman–Crippen LogP) is 1.38. The Kier molecular flexibility index (Phi) is 6.81. The summed E-state index contributed by atoms with van der Waals surface area (Å²) in [6.45, 7) is 1.27. The lowest BCUT2D eigenvalue weighted by molar-refractivity contribution is 0.0591. The molecule has 0 aliphatic carbocycles. The van der Waals surface area contributed by atoms with Gasteiger partial charge in [-0.2, -0.15) is 0 Å². The zero-order valence-corrected chi connectivity index (χ0v) is 9.51. The minimum Gasteiger partial charge on any atom is -0.396 e. The molecule has 1 atom stereocenters. The number of rotatable bonds is 3. The molecule has 0 aromatic heterocycles. The summed E-state index contributed by atoms with van der Waals surface area (Å²) in [7, 11) is 0. The number of aliphatic hydroxyl groups excluding tert-OH is 2. The van der Waals surface area contributed by atoms with Crippen molar-refractivity contribution in [1.82, 2.24) is 0 Å². The lowest BCUT2D eigenvalue weighted by Gasteiger charge is -2.00. The second-order valence-electron chi connectivity index (χ2n) is 3.78. The van der Waals surface area contributed by atoms with Crippen molar-refractivity contribution in [3.8, 4) is 0 Å². The van der Waals surface area contributed by atoms with Crippen molar-refractivity contribution in [3.05, 3.63) is 35.9 Å². The van der Waals surface area contributed by atoms with Gasteiger partial charge in [0, 0.05) is 13.2 Å². The summed E-state index contributed by atoms with van der Waals surface area (Å²) < 4.78 is 5.05. The molecule has 1 aromatic carbocycles. The fraction of sp³-hybridized carbons (Fsp3) is 0.538. The Balaban J connectivity index is 0.000000165. The van der Waals surface area contributed by atoms with Crippen LogP contribution < -0.4 is 0 Å². The Morgan fingerprint density at radius 2 is 1.94 bits per heavy atom. The quantitative estimate of drug-likeness (QED) is 0.815. The van der Waals surface area contributed by atoms with Gasteiger partial charge in [0.25, 0.3) is 0 Å². The molecule has 3 nitrogen and oxygen atoms in total. The minimum absolute atomic E-state index is 0.153. The van der Waals surface area contributed by atoms with Crippen LogP contribution in [-0.4, -0.2) is 36.1 Å². The van der Waals surface area contributed by atoms with Crippen LogP contribution in [0.15, 0.2) is 30.3 Å². The molecule has 2 N–H and O–H groups in total. The monoisotopic (exact) mass is 224 g/mol. The summed E-state index contributed by atoms with van der Waals surface area (Å²) in [4.78, 5) is 0. The molecule has 0 spiro atoms. The Hall–Kier alpha value is -0.900. The topological polar surface area (TPSA) is 49.7 Å². The molecule has 1 aliphatic heterocycles. The first kappa shape index (κ1) is 13.2. The van der Waals surface area contributed by atoms with Crippen molar-refractivity contribution in [2.75, 3.05) is 19.8 Å². The smallest absolute Gasteiger partial charge is 0.0806 e. The van der Waals surface area contributed by atoms with Crippen LogP contribution >= 0.6 is 0 Å². The maximum Gasteiger partial charge on any atom is 0.0806 e. The van der Waals surface area contributed by atoms with E-state index in [9.17, 15) is 0 Å². The molecule has 1 fully saturated rings. The van der Waals surface area contributed by atoms with Gasteiger partial charge >= 0.3 is 0 Å². The Bertz CT molecular complexity index is 255. The second kappa shape index (κ2) is 8.28. The molecular weight excluding hydrogens is 204 g/mol. The minimum atomic E-state index is 0.153. The molecule has 3 heteroatoms. The van der Waals surface area contributed by atoms with E-state index in [-0.39, 0.29) is 19.3 Å². The van der Waals surface area contributed by atoms with Crippen molar-refractivity contribution < 1.29 is 14.9 Å². The largest absolute Gasteiger partial charge is 0.396 e. The van der Waals surface area contributed by atoms with E-state index < -0.39 is 0 Å². The van der Waals surface area contributed by atoms with Crippen molar-refractivity contribution in [1.29, 1.82) is 0 Å². The molecule has 2 rings (SSSR count). The number of aliphatic hydroxyl groups is 2. The van der Waals surface area contributed by atoms with Crippen LogP contribution in [0.3, 0.4) is 0 Å². The van der Waals surface area contributed by atoms with E-state index in [0.29, 0.717) is 0 Å². The maximum absolute atomic E-state index is 8.52. The normalized spacial score (nSPS) is 19.0. The van der Waals surface area contributed by atoms with Gasteiger partial charge in [-0.15, -0.1) is 0 Å². The van der Waals surface area contributed by atoms with Crippen LogP contribution in [0.2, 0.25) is 0 Å². The molecule has 0 saturated carbocycles. The lowest BCUT2D eigenvalue weighted by atomic mass is 10.2. The number of ether oxygens (including phenoxy) is 1. The summed E-state index contributed by atoms with van der Waals surface area (Å²) in [6.07, 6.45) is 3.07. The second-order valence-corrected chi connectivity index (χ2v) is 3.78. The van der Waals surface area contributed by atoms with Gasteiger partial charge in [-0.05, 0) is 24.8 Å². The van der Waals surface area contributed by atoms with Crippen LogP contribution in [0.25, 0.3) is 0 Å². The van der Waals surface area contributed by atoms with Crippen LogP contribution in [-0.2, 0) is 11.2 Å². The van der Waals surface area contributed by atoms with Gasteiger partial charge in [-0.25, -0.2) is 0 Å². The highest BCUT2D eigenvalue weighted by atomic mass is 16.5.